The van der Waals surface area contributed by atoms with E-state index in [0.29, 0.717) is 19.0 Å². The van der Waals surface area contributed by atoms with Crippen molar-refractivity contribution in [2.45, 2.75) is 25.2 Å². The quantitative estimate of drug-likeness (QED) is 0.712. The maximum absolute atomic E-state index is 13.1. The molecular weight excluding hydrogens is 354 g/mol. The van der Waals surface area contributed by atoms with Gasteiger partial charge >= 0.3 is 6.03 Å². The van der Waals surface area contributed by atoms with Gasteiger partial charge in [0.2, 0.25) is 0 Å². The summed E-state index contributed by atoms with van der Waals surface area (Å²) >= 11 is 0. The van der Waals surface area contributed by atoms with Gasteiger partial charge in [-0.1, -0.05) is 6.92 Å². The maximum Gasteiger partial charge on any atom is 0.320 e. The van der Waals surface area contributed by atoms with Crippen LogP contribution >= 0.6 is 0 Å². The van der Waals surface area contributed by atoms with Gasteiger partial charge in [0.15, 0.2) is 5.65 Å². The molecule has 0 saturated carbocycles. The van der Waals surface area contributed by atoms with Crippen LogP contribution in [0.2, 0.25) is 0 Å². The molecule has 5 rings (SSSR count). The first-order valence-electron chi connectivity index (χ1n) is 9.14. The van der Waals surface area contributed by atoms with E-state index in [9.17, 15) is 13.6 Å². The first-order chi connectivity index (χ1) is 12.9. The molecule has 2 amide bonds. The molecule has 3 aromatic rings. The van der Waals surface area contributed by atoms with E-state index in [2.05, 4.69) is 26.3 Å². The number of likely N-dealkylation sites (tertiary alicyclic amines) is 2. The molecule has 5 heterocycles. The van der Waals surface area contributed by atoms with Gasteiger partial charge in [-0.2, -0.15) is 0 Å². The van der Waals surface area contributed by atoms with Crippen LogP contribution in [0.4, 0.5) is 13.6 Å². The number of nitrogens with zero attached hydrogens (tertiary/aromatic N) is 5. The van der Waals surface area contributed by atoms with Crippen LogP contribution in [0.15, 0.2) is 24.7 Å². The second kappa shape index (κ2) is 5.64. The van der Waals surface area contributed by atoms with Crippen molar-refractivity contribution in [2.75, 3.05) is 26.2 Å². The lowest BCUT2D eigenvalue weighted by atomic mass is 9.86. The summed E-state index contributed by atoms with van der Waals surface area (Å²) in [5.41, 5.74) is 2.62. The van der Waals surface area contributed by atoms with Gasteiger partial charge < -0.3 is 14.8 Å². The molecule has 1 N–H and O–H groups in total. The number of urea groups is 1. The Balaban J connectivity index is 1.46. The van der Waals surface area contributed by atoms with Gasteiger partial charge in [0.05, 0.1) is 36.5 Å². The monoisotopic (exact) mass is 374 g/mol. The van der Waals surface area contributed by atoms with Gasteiger partial charge in [-0.05, 0) is 18.4 Å². The highest BCUT2D eigenvalue weighted by Gasteiger charge is 2.48. The summed E-state index contributed by atoms with van der Waals surface area (Å²) in [7, 11) is 0. The summed E-state index contributed by atoms with van der Waals surface area (Å²) in [5, 5.41) is 0. The van der Waals surface area contributed by atoms with Crippen molar-refractivity contribution in [3.8, 4) is 0 Å². The van der Waals surface area contributed by atoms with Gasteiger partial charge in [-0.3, -0.25) is 4.40 Å². The summed E-state index contributed by atoms with van der Waals surface area (Å²) in [6.07, 6.45) is 6.22. The maximum atomic E-state index is 13.1. The van der Waals surface area contributed by atoms with Crippen molar-refractivity contribution < 1.29 is 13.6 Å². The number of amides is 2. The van der Waals surface area contributed by atoms with Crippen LogP contribution in [0.25, 0.3) is 16.7 Å². The topological polar surface area (TPSA) is 69.5 Å². The SMILES string of the molecule is CC1CCN(C(=O)N2CC(F)(F)C2)CC1c1ncc2cnc3[nH]ccc3n12. The zero-order valence-electron chi connectivity index (χ0n) is 14.9. The van der Waals surface area contributed by atoms with E-state index in [1.165, 1.54) is 4.90 Å². The highest BCUT2D eigenvalue weighted by Crippen LogP contribution is 2.35. The Morgan fingerprint density at radius 2 is 2.04 bits per heavy atom. The average molecular weight is 374 g/mol. The lowest BCUT2D eigenvalue weighted by molar-refractivity contribution is -0.114. The third kappa shape index (κ3) is 2.55. The molecule has 27 heavy (non-hydrogen) atoms. The Hall–Kier alpha value is -2.71. The predicted molar refractivity (Wildman–Crippen MR) is 94.9 cm³/mol. The molecule has 0 spiro atoms. The second-order valence-electron chi connectivity index (χ2n) is 7.66. The first kappa shape index (κ1) is 16.5. The van der Waals surface area contributed by atoms with Crippen LogP contribution < -0.4 is 0 Å². The van der Waals surface area contributed by atoms with E-state index in [1.807, 2.05) is 12.3 Å². The second-order valence-corrected chi connectivity index (χ2v) is 7.66. The van der Waals surface area contributed by atoms with Crippen LogP contribution in [0.3, 0.4) is 0 Å². The van der Waals surface area contributed by atoms with Crippen LogP contribution in [-0.4, -0.2) is 67.3 Å². The van der Waals surface area contributed by atoms with Gasteiger partial charge in [0.25, 0.3) is 5.92 Å². The zero-order valence-corrected chi connectivity index (χ0v) is 14.9. The van der Waals surface area contributed by atoms with Crippen molar-refractivity contribution in [3.63, 3.8) is 0 Å². The van der Waals surface area contributed by atoms with Crippen molar-refractivity contribution >= 4 is 22.7 Å². The minimum atomic E-state index is -2.75. The summed E-state index contributed by atoms with van der Waals surface area (Å²) in [4.78, 5) is 27.6. The number of halogens is 2. The number of imidazole rings is 1. The third-order valence-electron chi connectivity index (χ3n) is 5.76. The lowest BCUT2D eigenvalue weighted by Crippen LogP contribution is -2.62. The Morgan fingerprint density at radius 3 is 2.81 bits per heavy atom. The molecule has 2 fully saturated rings. The van der Waals surface area contributed by atoms with Crippen LogP contribution in [0, 0.1) is 5.92 Å². The number of H-pyrrole nitrogens is 1. The van der Waals surface area contributed by atoms with E-state index in [-0.39, 0.29) is 11.9 Å². The molecule has 0 radical (unpaired) electrons. The lowest BCUT2D eigenvalue weighted by Gasteiger charge is -2.44. The minimum absolute atomic E-state index is 0.0347. The molecule has 0 bridgehead atoms. The molecule has 2 aliphatic rings. The first-order valence-corrected chi connectivity index (χ1v) is 9.14. The van der Waals surface area contributed by atoms with Crippen molar-refractivity contribution in [3.05, 3.63) is 30.5 Å². The van der Waals surface area contributed by atoms with E-state index in [4.69, 9.17) is 0 Å². The fraction of sp³-hybridized carbons (Fsp3) is 0.500. The molecule has 2 atom stereocenters. The molecular formula is C18H20F2N6O. The number of carbonyl (C=O) groups is 1. The number of carbonyl (C=O) groups excluding carboxylic acids is 1. The number of hydrogen-bond acceptors (Lipinski definition) is 3. The summed E-state index contributed by atoms with van der Waals surface area (Å²) in [6.45, 7) is 2.26. The van der Waals surface area contributed by atoms with Crippen LogP contribution in [0.1, 0.15) is 25.1 Å². The molecule has 2 unspecified atom stereocenters. The molecule has 0 aromatic carbocycles. The summed E-state index contributed by atoms with van der Waals surface area (Å²) in [6, 6.07) is 1.66. The number of aromatic nitrogens is 4. The molecule has 7 nitrogen and oxygen atoms in total. The van der Waals surface area contributed by atoms with Crippen LogP contribution in [-0.2, 0) is 0 Å². The summed E-state index contributed by atoms with van der Waals surface area (Å²) in [5.74, 6) is -1.49. The van der Waals surface area contributed by atoms with E-state index >= 15 is 0 Å². The van der Waals surface area contributed by atoms with Crippen molar-refractivity contribution in [1.82, 2.24) is 29.2 Å². The van der Waals surface area contributed by atoms with Gasteiger partial charge in [-0.15, -0.1) is 0 Å². The Bertz CT molecular complexity index is 1020. The number of aromatic amines is 1. The smallest absolute Gasteiger partial charge is 0.320 e. The molecule has 142 valence electrons. The highest BCUT2D eigenvalue weighted by atomic mass is 19.3. The highest BCUT2D eigenvalue weighted by molar-refractivity contribution is 5.76. The van der Waals surface area contributed by atoms with E-state index in [0.717, 1.165) is 28.9 Å². The zero-order chi connectivity index (χ0) is 18.8. The number of nitrogens with one attached hydrogen (secondary N) is 1. The average Bonchev–Trinajstić information content (AvgIpc) is 3.25. The van der Waals surface area contributed by atoms with E-state index in [1.54, 1.807) is 17.3 Å². The minimum Gasteiger partial charge on any atom is -0.345 e. The van der Waals surface area contributed by atoms with E-state index < -0.39 is 19.0 Å². The third-order valence-corrected chi connectivity index (χ3v) is 5.76. The number of fused-ring (bicyclic) bond motifs is 3. The summed E-state index contributed by atoms with van der Waals surface area (Å²) < 4.78 is 28.3. The Morgan fingerprint density at radius 1 is 1.26 bits per heavy atom. The number of rotatable bonds is 1. The number of alkyl halides is 2. The van der Waals surface area contributed by atoms with Crippen molar-refractivity contribution in [1.29, 1.82) is 0 Å². The normalized spacial score (nSPS) is 25.1. The predicted octanol–water partition coefficient (Wildman–Crippen LogP) is 2.71. The van der Waals surface area contributed by atoms with Gasteiger partial charge in [0.1, 0.15) is 5.82 Å². The molecule has 2 aliphatic heterocycles. The van der Waals surface area contributed by atoms with Gasteiger partial charge in [-0.25, -0.2) is 23.5 Å². The van der Waals surface area contributed by atoms with Gasteiger partial charge in [0, 0.05) is 25.2 Å². The molecule has 9 heteroatoms. The fourth-order valence-electron chi connectivity index (χ4n) is 4.19. The molecule has 2 saturated heterocycles. The molecule has 0 aliphatic carbocycles. The van der Waals surface area contributed by atoms with Crippen molar-refractivity contribution in [2.24, 2.45) is 5.92 Å². The Labute approximate surface area is 154 Å². The number of piperidine rings is 1. The molecule has 3 aromatic heterocycles. The number of hydrogen-bond donors (Lipinski definition) is 1. The Kier molecular flexibility index (Phi) is 3.44. The van der Waals surface area contributed by atoms with Crippen LogP contribution in [0.5, 0.6) is 0 Å². The standard InChI is InChI=1S/C18H20F2N6O/c1-11-3-5-24(17(27)25-9-18(19,20)10-25)8-13(11)16-23-7-12-6-22-15-14(26(12)16)2-4-21-15/h2,4,6-7,11,13,21H,3,5,8-10H2,1H3. The fourth-order valence-corrected chi connectivity index (χ4v) is 4.19. The largest absolute Gasteiger partial charge is 0.345 e.